The van der Waals surface area contributed by atoms with Crippen molar-refractivity contribution >= 4 is 28.9 Å². The molecule has 10 heteroatoms. The fourth-order valence-electron chi connectivity index (χ4n) is 6.89. The highest BCUT2D eigenvalue weighted by Crippen LogP contribution is 2.53. The summed E-state index contributed by atoms with van der Waals surface area (Å²) < 4.78 is 6.09. The molecular weight excluding hydrogens is 550 g/mol. The van der Waals surface area contributed by atoms with Gasteiger partial charge in [-0.05, 0) is 74.2 Å². The van der Waals surface area contributed by atoms with Crippen LogP contribution in [0.5, 0.6) is 5.75 Å². The zero-order valence-electron chi connectivity index (χ0n) is 25.2. The maximum Gasteiger partial charge on any atom is 0.255 e. The van der Waals surface area contributed by atoms with Gasteiger partial charge in [-0.25, -0.2) is 0 Å². The summed E-state index contributed by atoms with van der Waals surface area (Å²) >= 11 is 0. The van der Waals surface area contributed by atoms with E-state index in [9.17, 15) is 29.7 Å². The van der Waals surface area contributed by atoms with Gasteiger partial charge in [0.1, 0.15) is 22.8 Å². The van der Waals surface area contributed by atoms with Gasteiger partial charge in [-0.1, -0.05) is 31.5 Å². The van der Waals surface area contributed by atoms with Gasteiger partial charge in [-0.2, -0.15) is 0 Å². The lowest BCUT2D eigenvalue weighted by Gasteiger charge is -2.50. The minimum atomic E-state index is -2.62. The van der Waals surface area contributed by atoms with Gasteiger partial charge in [0, 0.05) is 31.3 Å². The van der Waals surface area contributed by atoms with E-state index in [4.69, 9.17) is 10.5 Å². The van der Waals surface area contributed by atoms with Crippen LogP contribution in [-0.4, -0.2) is 84.1 Å². The Labute approximate surface area is 251 Å². The summed E-state index contributed by atoms with van der Waals surface area (Å²) in [6.45, 7) is 2.45. The molecule has 0 unspecified atom stereocenters. The third-order valence-electron chi connectivity index (χ3n) is 9.04. The zero-order valence-corrected chi connectivity index (χ0v) is 25.2. The fourth-order valence-corrected chi connectivity index (χ4v) is 6.89. The number of ketones is 2. The Hall–Kier alpha value is -4.15. The van der Waals surface area contributed by atoms with Gasteiger partial charge in [-0.15, -0.1) is 0 Å². The van der Waals surface area contributed by atoms with E-state index in [2.05, 4.69) is 0 Å². The van der Waals surface area contributed by atoms with Gasteiger partial charge in [0.2, 0.25) is 5.78 Å². The third kappa shape index (κ3) is 4.69. The number of benzene rings is 2. The summed E-state index contributed by atoms with van der Waals surface area (Å²) in [4.78, 5) is 43.4. The van der Waals surface area contributed by atoms with Crippen LogP contribution >= 0.6 is 0 Å². The molecule has 0 spiro atoms. The van der Waals surface area contributed by atoms with Crippen molar-refractivity contribution in [3.8, 4) is 16.9 Å². The molecule has 43 heavy (non-hydrogen) atoms. The molecule has 0 saturated heterocycles. The van der Waals surface area contributed by atoms with Crippen molar-refractivity contribution in [3.05, 3.63) is 64.4 Å². The summed E-state index contributed by atoms with van der Waals surface area (Å²) in [5.41, 5.74) is 5.92. The van der Waals surface area contributed by atoms with Crippen molar-refractivity contribution in [2.45, 2.75) is 44.2 Å². The maximum atomic E-state index is 14.2. The highest BCUT2D eigenvalue weighted by molar-refractivity contribution is 6.24. The van der Waals surface area contributed by atoms with E-state index in [0.29, 0.717) is 24.3 Å². The molecule has 1 saturated carbocycles. The first kappa shape index (κ1) is 30.3. The summed E-state index contributed by atoms with van der Waals surface area (Å²) in [7, 11) is 7.12. The van der Waals surface area contributed by atoms with Crippen LogP contribution in [0.3, 0.4) is 0 Å². The second kappa shape index (κ2) is 11.2. The van der Waals surface area contributed by atoms with Gasteiger partial charge in [0.25, 0.3) is 5.91 Å². The van der Waals surface area contributed by atoms with E-state index in [1.165, 1.54) is 4.90 Å². The number of rotatable bonds is 8. The van der Waals surface area contributed by atoms with E-state index < -0.39 is 52.3 Å². The number of nitrogens with zero attached hydrogens (tertiary/aromatic N) is 2. The first-order valence-corrected chi connectivity index (χ1v) is 14.6. The average molecular weight is 590 g/mol. The number of primary amides is 1. The monoisotopic (exact) mass is 589 g/mol. The van der Waals surface area contributed by atoms with Crippen LogP contribution in [-0.2, 0) is 20.8 Å². The van der Waals surface area contributed by atoms with Crippen LogP contribution in [0.25, 0.3) is 16.9 Å². The Balaban J connectivity index is 1.72. The molecule has 5 rings (SSSR count). The lowest BCUT2D eigenvalue weighted by atomic mass is 9.57. The minimum Gasteiger partial charge on any atom is -0.508 e. The van der Waals surface area contributed by atoms with Crippen LogP contribution < -0.4 is 15.4 Å². The van der Waals surface area contributed by atoms with Crippen LogP contribution in [0.1, 0.15) is 37.3 Å². The number of aliphatic hydroxyl groups excluding tert-OH is 2. The predicted octanol–water partition coefficient (Wildman–Crippen LogP) is 3.17. The largest absolute Gasteiger partial charge is 0.508 e. The maximum absolute atomic E-state index is 14.2. The molecule has 2 aromatic carbocycles. The Kier molecular flexibility index (Phi) is 7.87. The third-order valence-corrected chi connectivity index (χ3v) is 9.04. The standard InChI is InChI=1S/C33H39N3O7/c1-6-7-14-43-23-13-12-20(17-8-10-19(11-9-17)35(2)3)21-15-18-16-22-27(36(4)5)29(38)26(32(34)41)31(40)33(22,42)30(39)24(18)28(37)25(21)23/h8-13,18,22,27,37,40,42H,6-7,14-16H2,1-5H3,(H2,34,41)/t18-,22-,27-,33-/m0/s1. The highest BCUT2D eigenvalue weighted by atomic mass is 16.5. The fraction of sp³-hybridized carbons (Fsp3) is 0.424. The van der Waals surface area contributed by atoms with Crippen LogP contribution in [0.4, 0.5) is 5.69 Å². The summed E-state index contributed by atoms with van der Waals surface area (Å²) in [5, 5.41) is 34.8. The SMILES string of the molecule is CCCCOc1ccc(-c2ccc(N(C)C)cc2)c2c1C(O)=C1C(=O)[C@]3(O)C(O)=C(C(N)=O)C(=O)[C@@H](N(C)C)[C@@H]3C[C@@H]1C2. The predicted molar refractivity (Wildman–Crippen MR) is 163 cm³/mol. The molecule has 1 amide bonds. The van der Waals surface area contributed by atoms with Crippen molar-refractivity contribution < 1.29 is 34.4 Å². The van der Waals surface area contributed by atoms with Crippen LogP contribution in [0, 0.1) is 11.8 Å². The Morgan fingerprint density at radius 1 is 1.07 bits per heavy atom. The number of hydrogen-bond donors (Lipinski definition) is 4. The number of ether oxygens (including phenoxy) is 1. The van der Waals surface area contributed by atoms with Crippen molar-refractivity contribution in [1.82, 2.24) is 4.90 Å². The van der Waals surface area contributed by atoms with Crippen molar-refractivity contribution in [3.63, 3.8) is 0 Å². The molecule has 0 aliphatic heterocycles. The number of amides is 1. The van der Waals surface area contributed by atoms with Crippen molar-refractivity contribution in [2.24, 2.45) is 17.6 Å². The summed E-state index contributed by atoms with van der Waals surface area (Å²) in [5.74, 6) is -5.59. The van der Waals surface area contributed by atoms with Gasteiger partial charge in [0.05, 0.1) is 18.2 Å². The number of carbonyl (C=O) groups excluding carboxylic acids is 3. The van der Waals surface area contributed by atoms with E-state index in [1.54, 1.807) is 20.2 Å². The number of anilines is 1. The van der Waals surface area contributed by atoms with E-state index in [1.807, 2.05) is 56.3 Å². The van der Waals surface area contributed by atoms with Crippen molar-refractivity contribution in [2.75, 3.05) is 39.7 Å². The molecule has 228 valence electrons. The number of hydrogen-bond acceptors (Lipinski definition) is 9. The van der Waals surface area contributed by atoms with Gasteiger partial charge in [-0.3, -0.25) is 19.3 Å². The second-order valence-corrected chi connectivity index (χ2v) is 12.1. The zero-order chi connectivity index (χ0) is 31.4. The molecule has 1 fully saturated rings. The minimum absolute atomic E-state index is 0.0612. The molecular formula is C33H39N3O7. The van der Waals surface area contributed by atoms with Crippen LogP contribution in [0.15, 0.2) is 53.3 Å². The van der Waals surface area contributed by atoms with E-state index in [-0.39, 0.29) is 17.8 Å². The van der Waals surface area contributed by atoms with Crippen molar-refractivity contribution in [1.29, 1.82) is 0 Å². The van der Waals surface area contributed by atoms with Gasteiger partial charge in [0.15, 0.2) is 11.4 Å². The molecule has 5 N–H and O–H groups in total. The number of likely N-dealkylation sites (N-methyl/N-ethyl adjacent to an activating group) is 1. The second-order valence-electron chi connectivity index (χ2n) is 12.1. The van der Waals surface area contributed by atoms with Crippen LogP contribution in [0.2, 0.25) is 0 Å². The number of unbranched alkanes of at least 4 members (excludes halogenated alkanes) is 1. The summed E-state index contributed by atoms with van der Waals surface area (Å²) in [6.07, 6.45) is 2.10. The Morgan fingerprint density at radius 3 is 2.33 bits per heavy atom. The molecule has 0 aromatic heterocycles. The first-order valence-electron chi connectivity index (χ1n) is 14.6. The molecule has 3 aliphatic rings. The van der Waals surface area contributed by atoms with E-state index in [0.717, 1.165) is 35.2 Å². The average Bonchev–Trinajstić information content (AvgIpc) is 2.95. The van der Waals surface area contributed by atoms with E-state index >= 15 is 0 Å². The highest BCUT2D eigenvalue weighted by Gasteiger charge is 2.64. The number of aliphatic hydroxyl groups is 3. The normalized spacial score (nSPS) is 25.0. The lowest BCUT2D eigenvalue weighted by Crippen LogP contribution is -2.65. The number of nitrogens with two attached hydrogens (primary N) is 1. The molecule has 3 aliphatic carbocycles. The molecule has 10 nitrogen and oxygen atoms in total. The Bertz CT molecular complexity index is 1560. The number of fused-ring (bicyclic) bond motifs is 3. The molecule has 2 aromatic rings. The molecule has 4 atom stereocenters. The van der Waals surface area contributed by atoms with Gasteiger partial charge >= 0.3 is 0 Å². The number of Topliss-reactive ketones (excluding diaryl/α,β-unsaturated/α-hetero) is 2. The number of carbonyl (C=O) groups is 3. The molecule has 0 radical (unpaired) electrons. The quantitative estimate of drug-likeness (QED) is 0.269. The van der Waals surface area contributed by atoms with Gasteiger partial charge < -0.3 is 30.7 Å². The smallest absolute Gasteiger partial charge is 0.255 e. The Morgan fingerprint density at radius 2 is 1.74 bits per heavy atom. The molecule has 0 heterocycles. The topological polar surface area (TPSA) is 154 Å². The summed E-state index contributed by atoms with van der Waals surface area (Å²) in [6, 6.07) is 10.6. The first-order chi connectivity index (χ1) is 20.3. The molecule has 0 bridgehead atoms. The lowest BCUT2D eigenvalue weighted by molar-refractivity contribution is -0.153.